The van der Waals surface area contributed by atoms with Gasteiger partial charge in [0, 0.05) is 31.7 Å². The number of ether oxygens (including phenoxy) is 1. The first kappa shape index (κ1) is 17.1. The van der Waals surface area contributed by atoms with E-state index in [-0.39, 0.29) is 17.9 Å². The van der Waals surface area contributed by atoms with Crippen LogP contribution in [-0.4, -0.2) is 54.8 Å². The summed E-state index contributed by atoms with van der Waals surface area (Å²) in [5, 5.41) is 3.01. The fourth-order valence-corrected chi connectivity index (χ4v) is 3.16. The van der Waals surface area contributed by atoms with E-state index in [1.807, 2.05) is 6.07 Å². The van der Waals surface area contributed by atoms with Crippen LogP contribution in [0.1, 0.15) is 25.5 Å². The van der Waals surface area contributed by atoms with Crippen LogP contribution in [-0.2, 0) is 16.1 Å². The lowest BCUT2D eigenvalue weighted by Crippen LogP contribution is -2.39. The predicted molar refractivity (Wildman–Crippen MR) is 90.2 cm³/mol. The van der Waals surface area contributed by atoms with Crippen molar-refractivity contribution in [2.24, 2.45) is 5.92 Å². The van der Waals surface area contributed by atoms with Crippen LogP contribution in [0.5, 0.6) is 0 Å². The molecule has 0 aliphatic carbocycles. The Bertz CT molecular complexity index is 549. The molecule has 24 heavy (non-hydrogen) atoms. The van der Waals surface area contributed by atoms with Gasteiger partial charge >= 0.3 is 0 Å². The second kappa shape index (κ2) is 8.36. The van der Waals surface area contributed by atoms with Crippen LogP contribution in [0.4, 0.5) is 5.82 Å². The number of anilines is 1. The third kappa shape index (κ3) is 4.19. The van der Waals surface area contributed by atoms with Crippen molar-refractivity contribution in [2.45, 2.75) is 32.4 Å². The van der Waals surface area contributed by atoms with E-state index in [4.69, 9.17) is 4.74 Å². The van der Waals surface area contributed by atoms with Crippen LogP contribution < -0.4 is 21.1 Å². The second-order valence-electron chi connectivity index (χ2n) is 6.21. The van der Waals surface area contributed by atoms with Gasteiger partial charge in [-0.05, 0) is 6.42 Å². The normalized spacial score (nSPS) is 24.1. The lowest BCUT2D eigenvalue weighted by molar-refractivity contribution is -0.125. The quantitative estimate of drug-likeness (QED) is 0.665. The zero-order valence-electron chi connectivity index (χ0n) is 14.1. The zero-order valence-corrected chi connectivity index (χ0v) is 14.1. The molecule has 2 saturated heterocycles. The van der Waals surface area contributed by atoms with Gasteiger partial charge in [-0.2, -0.15) is 0 Å². The van der Waals surface area contributed by atoms with Crippen LogP contribution in [0, 0.1) is 5.92 Å². The lowest BCUT2D eigenvalue weighted by Gasteiger charge is -2.27. The van der Waals surface area contributed by atoms with Gasteiger partial charge in [0.15, 0.2) is 0 Å². The van der Waals surface area contributed by atoms with Gasteiger partial charge in [-0.1, -0.05) is 13.3 Å². The van der Waals surface area contributed by atoms with Crippen molar-refractivity contribution < 1.29 is 9.53 Å². The van der Waals surface area contributed by atoms with Crippen molar-refractivity contribution in [2.75, 3.05) is 37.7 Å². The first-order chi connectivity index (χ1) is 11.8. The summed E-state index contributed by atoms with van der Waals surface area (Å²) in [7, 11) is 0. The Kier molecular flexibility index (Phi) is 5.95. The van der Waals surface area contributed by atoms with Gasteiger partial charge in [-0.3, -0.25) is 15.6 Å². The van der Waals surface area contributed by atoms with Gasteiger partial charge in [0.05, 0.1) is 31.4 Å². The molecule has 0 saturated carbocycles. The molecule has 8 nitrogen and oxygen atoms in total. The highest BCUT2D eigenvalue weighted by Gasteiger charge is 2.31. The minimum Gasteiger partial charge on any atom is -0.378 e. The first-order valence-electron chi connectivity index (χ1n) is 8.67. The summed E-state index contributed by atoms with van der Waals surface area (Å²) in [6.07, 6.45) is 3.60. The van der Waals surface area contributed by atoms with Crippen molar-refractivity contribution >= 4 is 11.7 Å². The minimum absolute atomic E-state index is 0.0366. The third-order valence-electron chi connectivity index (χ3n) is 4.52. The average molecular weight is 334 g/mol. The number of hydrazine groups is 1. The molecule has 2 atom stereocenters. The standard InChI is InChI=1S/C16H26N6O2/c1-2-3-14-13(10-20-21-14)16(23)17-9-12-8-15(19-11-18-12)22-4-6-24-7-5-22/h8,11,13-14,20-21H,2-7,9-10H2,1H3,(H,17,23). The van der Waals surface area contributed by atoms with E-state index in [0.29, 0.717) is 13.1 Å². The number of hydrogen-bond donors (Lipinski definition) is 3. The van der Waals surface area contributed by atoms with Gasteiger partial charge in [0.25, 0.3) is 0 Å². The van der Waals surface area contributed by atoms with E-state index in [2.05, 4.69) is 38.0 Å². The molecule has 1 aromatic rings. The van der Waals surface area contributed by atoms with Crippen LogP contribution in [0.3, 0.4) is 0 Å². The molecule has 0 aromatic carbocycles. The number of carbonyl (C=O) groups is 1. The van der Waals surface area contributed by atoms with E-state index in [1.165, 1.54) is 0 Å². The van der Waals surface area contributed by atoms with Gasteiger partial charge < -0.3 is 15.0 Å². The maximum absolute atomic E-state index is 12.4. The first-order valence-corrected chi connectivity index (χ1v) is 8.67. The molecule has 1 amide bonds. The average Bonchev–Trinajstić information content (AvgIpc) is 3.09. The molecule has 3 rings (SSSR count). The molecule has 2 aliphatic heterocycles. The summed E-state index contributed by atoms with van der Waals surface area (Å²) in [6, 6.07) is 2.14. The molecule has 2 unspecified atom stereocenters. The number of rotatable bonds is 6. The molecule has 2 aliphatic rings. The van der Waals surface area contributed by atoms with Gasteiger partial charge in [0.2, 0.25) is 5.91 Å². The van der Waals surface area contributed by atoms with Crippen LogP contribution >= 0.6 is 0 Å². The Balaban J connectivity index is 1.55. The molecular weight excluding hydrogens is 308 g/mol. The molecule has 2 fully saturated rings. The number of nitrogens with one attached hydrogen (secondary N) is 3. The molecule has 0 bridgehead atoms. The molecule has 3 N–H and O–H groups in total. The number of carbonyl (C=O) groups excluding carboxylic acids is 1. The van der Waals surface area contributed by atoms with Gasteiger partial charge in [0.1, 0.15) is 12.1 Å². The van der Waals surface area contributed by atoms with E-state index >= 15 is 0 Å². The van der Waals surface area contributed by atoms with Crippen LogP contribution in [0.25, 0.3) is 0 Å². The Labute approximate surface area is 142 Å². The summed E-state index contributed by atoms with van der Waals surface area (Å²) >= 11 is 0. The molecular formula is C16H26N6O2. The highest BCUT2D eigenvalue weighted by atomic mass is 16.5. The lowest BCUT2D eigenvalue weighted by atomic mass is 9.97. The van der Waals surface area contributed by atoms with Crippen molar-refractivity contribution in [1.82, 2.24) is 26.1 Å². The van der Waals surface area contributed by atoms with Crippen molar-refractivity contribution in [1.29, 1.82) is 0 Å². The second-order valence-corrected chi connectivity index (χ2v) is 6.21. The number of amides is 1. The molecule has 3 heterocycles. The predicted octanol–water partition coefficient (Wildman–Crippen LogP) is -0.178. The maximum atomic E-state index is 12.4. The van der Waals surface area contributed by atoms with Gasteiger partial charge in [-0.15, -0.1) is 0 Å². The maximum Gasteiger partial charge on any atom is 0.226 e. The molecule has 8 heteroatoms. The smallest absolute Gasteiger partial charge is 0.226 e. The minimum atomic E-state index is -0.0366. The SMILES string of the molecule is CCCC1NNCC1C(=O)NCc1cc(N2CCOCC2)ncn1. The summed E-state index contributed by atoms with van der Waals surface area (Å²) < 4.78 is 5.36. The molecule has 1 aromatic heterocycles. The van der Waals surface area contributed by atoms with Gasteiger partial charge in [-0.25, -0.2) is 9.97 Å². The number of morpholine rings is 1. The Morgan fingerprint density at radius 2 is 2.25 bits per heavy atom. The van der Waals surface area contributed by atoms with Crippen molar-refractivity contribution in [3.05, 3.63) is 18.1 Å². The largest absolute Gasteiger partial charge is 0.378 e. The summed E-state index contributed by atoms with van der Waals surface area (Å²) in [4.78, 5) is 23.2. The highest BCUT2D eigenvalue weighted by Crippen LogP contribution is 2.15. The summed E-state index contributed by atoms with van der Waals surface area (Å²) in [5.74, 6) is 0.925. The Morgan fingerprint density at radius 3 is 3.04 bits per heavy atom. The van der Waals surface area contributed by atoms with E-state index < -0.39 is 0 Å². The Morgan fingerprint density at radius 1 is 1.42 bits per heavy atom. The summed E-state index contributed by atoms with van der Waals surface area (Å²) in [5.41, 5.74) is 7.09. The molecule has 132 valence electrons. The van der Waals surface area contributed by atoms with Crippen molar-refractivity contribution in [3.8, 4) is 0 Å². The third-order valence-corrected chi connectivity index (χ3v) is 4.52. The topological polar surface area (TPSA) is 91.4 Å². The Hall–Kier alpha value is -1.77. The number of hydrogen-bond acceptors (Lipinski definition) is 7. The van der Waals surface area contributed by atoms with Crippen molar-refractivity contribution in [3.63, 3.8) is 0 Å². The summed E-state index contributed by atoms with van der Waals surface area (Å²) in [6.45, 7) is 6.32. The number of aromatic nitrogens is 2. The molecule has 0 radical (unpaired) electrons. The van der Waals surface area contributed by atoms with E-state index in [9.17, 15) is 4.79 Å². The van der Waals surface area contributed by atoms with Crippen LogP contribution in [0.2, 0.25) is 0 Å². The van der Waals surface area contributed by atoms with E-state index in [0.717, 1.165) is 50.7 Å². The zero-order chi connectivity index (χ0) is 16.8. The van der Waals surface area contributed by atoms with Crippen LogP contribution in [0.15, 0.2) is 12.4 Å². The molecule has 0 spiro atoms. The highest BCUT2D eigenvalue weighted by molar-refractivity contribution is 5.79. The monoisotopic (exact) mass is 334 g/mol. The number of nitrogens with zero attached hydrogens (tertiary/aromatic N) is 3. The fraction of sp³-hybridized carbons (Fsp3) is 0.688. The van der Waals surface area contributed by atoms with E-state index in [1.54, 1.807) is 6.33 Å². The fourth-order valence-electron chi connectivity index (χ4n) is 3.16.